The van der Waals surface area contributed by atoms with E-state index in [0.29, 0.717) is 0 Å². The van der Waals surface area contributed by atoms with E-state index in [-0.39, 0.29) is 0 Å². The first-order valence-corrected chi connectivity index (χ1v) is 5.53. The van der Waals surface area contributed by atoms with Crippen LogP contribution in [0.1, 0.15) is 0 Å². The lowest BCUT2D eigenvalue weighted by Gasteiger charge is -2.01. The number of hydrogen-bond donors (Lipinski definition) is 1. The van der Waals surface area contributed by atoms with Gasteiger partial charge in [0, 0.05) is 15.0 Å². The second-order valence-electron chi connectivity index (χ2n) is 2.71. The van der Waals surface area contributed by atoms with Crippen molar-refractivity contribution in [1.29, 1.82) is 0 Å². The number of hydrogen-bond acceptors (Lipinski definition) is 2. The number of halogens is 1. The molecule has 0 aliphatic carbocycles. The molecule has 0 unspecified atom stereocenters. The summed E-state index contributed by atoms with van der Waals surface area (Å²) in [7, 11) is 0. The Kier molecular flexibility index (Phi) is 2.38. The van der Waals surface area contributed by atoms with Crippen LogP contribution in [0.5, 0.6) is 0 Å². The van der Waals surface area contributed by atoms with Crippen LogP contribution in [0.3, 0.4) is 0 Å². The summed E-state index contributed by atoms with van der Waals surface area (Å²) >= 11 is 5.09. The smallest absolute Gasteiger partial charge is 0.0464 e. The predicted octanol–water partition coefficient (Wildman–Crippen LogP) is 3.76. The fraction of sp³-hybridized carbons (Fsp3) is 0. The van der Waals surface area contributed by atoms with E-state index < -0.39 is 0 Å². The van der Waals surface area contributed by atoms with Crippen molar-refractivity contribution in [1.82, 2.24) is 0 Å². The highest BCUT2D eigenvalue weighted by atomic mass is 79.9. The van der Waals surface area contributed by atoms with Crippen LogP contribution < -0.4 is 5.73 Å². The maximum atomic E-state index is 5.78. The van der Waals surface area contributed by atoms with E-state index in [9.17, 15) is 0 Å². The quantitative estimate of drug-likeness (QED) is 0.770. The van der Waals surface area contributed by atoms with Crippen LogP contribution in [0.4, 0.5) is 5.69 Å². The Morgan fingerprint density at radius 1 is 1.23 bits per heavy atom. The maximum absolute atomic E-state index is 5.78. The molecule has 3 heteroatoms. The van der Waals surface area contributed by atoms with Gasteiger partial charge >= 0.3 is 0 Å². The minimum atomic E-state index is 0.783. The predicted molar refractivity (Wildman–Crippen MR) is 61.9 cm³/mol. The van der Waals surface area contributed by atoms with Gasteiger partial charge < -0.3 is 5.73 Å². The van der Waals surface area contributed by atoms with Gasteiger partial charge in [-0.2, -0.15) is 0 Å². The molecule has 2 aromatic rings. The van der Waals surface area contributed by atoms with Crippen LogP contribution in [0.25, 0.3) is 10.4 Å². The van der Waals surface area contributed by atoms with Crippen LogP contribution in [-0.2, 0) is 0 Å². The van der Waals surface area contributed by atoms with E-state index in [4.69, 9.17) is 5.73 Å². The number of anilines is 1. The molecule has 1 aromatic carbocycles. The third kappa shape index (κ3) is 1.76. The average molecular weight is 254 g/mol. The molecule has 0 aliphatic rings. The van der Waals surface area contributed by atoms with Crippen molar-refractivity contribution >= 4 is 33.0 Å². The van der Waals surface area contributed by atoms with Crippen LogP contribution >= 0.6 is 27.3 Å². The summed E-state index contributed by atoms with van der Waals surface area (Å²) in [6.07, 6.45) is 0. The Bertz CT molecular complexity index is 409. The molecule has 0 fully saturated rings. The SMILES string of the molecule is Nc1cc(-c2cccs2)ccc1Br. The summed E-state index contributed by atoms with van der Waals surface area (Å²) < 4.78 is 0.952. The molecule has 0 bridgehead atoms. The molecule has 0 atom stereocenters. The highest BCUT2D eigenvalue weighted by Gasteiger charge is 2.00. The van der Waals surface area contributed by atoms with Gasteiger partial charge in [-0.1, -0.05) is 12.1 Å². The molecular weight excluding hydrogens is 246 g/mol. The monoisotopic (exact) mass is 253 g/mol. The zero-order chi connectivity index (χ0) is 9.26. The van der Waals surface area contributed by atoms with Gasteiger partial charge in [0.05, 0.1) is 0 Å². The summed E-state index contributed by atoms with van der Waals surface area (Å²) in [6.45, 7) is 0. The van der Waals surface area contributed by atoms with E-state index >= 15 is 0 Å². The van der Waals surface area contributed by atoms with Gasteiger partial charge in [-0.3, -0.25) is 0 Å². The Morgan fingerprint density at radius 3 is 2.69 bits per heavy atom. The average Bonchev–Trinajstić information content (AvgIpc) is 2.62. The van der Waals surface area contributed by atoms with Crippen molar-refractivity contribution < 1.29 is 0 Å². The second kappa shape index (κ2) is 3.52. The van der Waals surface area contributed by atoms with Crippen molar-refractivity contribution in [3.8, 4) is 10.4 Å². The van der Waals surface area contributed by atoms with Gasteiger partial charge in [-0.15, -0.1) is 11.3 Å². The zero-order valence-corrected chi connectivity index (χ0v) is 9.23. The summed E-state index contributed by atoms with van der Waals surface area (Å²) in [5.74, 6) is 0. The molecule has 2 N–H and O–H groups in total. The zero-order valence-electron chi connectivity index (χ0n) is 6.83. The summed E-state index contributed by atoms with van der Waals surface area (Å²) in [6, 6.07) is 10.2. The Balaban J connectivity index is 2.49. The first-order valence-electron chi connectivity index (χ1n) is 3.86. The third-order valence-corrected chi connectivity index (χ3v) is 3.44. The van der Waals surface area contributed by atoms with Crippen LogP contribution in [-0.4, -0.2) is 0 Å². The van der Waals surface area contributed by atoms with Crippen molar-refractivity contribution in [2.45, 2.75) is 0 Å². The molecule has 1 nitrogen and oxygen atoms in total. The molecule has 13 heavy (non-hydrogen) atoms. The van der Waals surface area contributed by atoms with Crippen molar-refractivity contribution in [3.05, 3.63) is 40.2 Å². The minimum absolute atomic E-state index is 0.783. The van der Waals surface area contributed by atoms with E-state index in [1.807, 2.05) is 18.2 Å². The Morgan fingerprint density at radius 2 is 2.08 bits per heavy atom. The molecular formula is C10H8BrNS. The Labute approximate surface area is 89.3 Å². The van der Waals surface area contributed by atoms with Gasteiger partial charge in [0.1, 0.15) is 0 Å². The first kappa shape index (κ1) is 8.78. The summed E-state index contributed by atoms with van der Waals surface area (Å²) in [4.78, 5) is 1.25. The lowest BCUT2D eigenvalue weighted by atomic mass is 10.2. The maximum Gasteiger partial charge on any atom is 0.0464 e. The minimum Gasteiger partial charge on any atom is -0.398 e. The molecule has 2 rings (SSSR count). The standard InChI is InChI=1S/C10H8BrNS/c11-8-4-3-7(6-9(8)12)10-2-1-5-13-10/h1-6H,12H2. The number of benzene rings is 1. The van der Waals surface area contributed by atoms with Gasteiger partial charge in [-0.25, -0.2) is 0 Å². The lowest BCUT2D eigenvalue weighted by molar-refractivity contribution is 1.63. The molecule has 1 heterocycles. The highest BCUT2D eigenvalue weighted by molar-refractivity contribution is 9.10. The highest BCUT2D eigenvalue weighted by Crippen LogP contribution is 2.29. The number of thiophene rings is 1. The van der Waals surface area contributed by atoms with Crippen molar-refractivity contribution in [2.24, 2.45) is 0 Å². The number of nitrogen functional groups attached to an aromatic ring is 1. The van der Waals surface area contributed by atoms with Crippen LogP contribution in [0.15, 0.2) is 40.2 Å². The normalized spacial score (nSPS) is 10.2. The molecule has 0 radical (unpaired) electrons. The van der Waals surface area contributed by atoms with Gasteiger partial charge in [0.2, 0.25) is 0 Å². The largest absolute Gasteiger partial charge is 0.398 e. The van der Waals surface area contributed by atoms with E-state index in [1.165, 1.54) is 10.4 Å². The number of rotatable bonds is 1. The molecule has 66 valence electrons. The second-order valence-corrected chi connectivity index (χ2v) is 4.52. The van der Waals surface area contributed by atoms with E-state index in [2.05, 4.69) is 33.4 Å². The van der Waals surface area contributed by atoms with E-state index in [1.54, 1.807) is 11.3 Å². The van der Waals surface area contributed by atoms with Gasteiger partial charge in [-0.05, 0) is 45.1 Å². The first-order chi connectivity index (χ1) is 6.27. The molecule has 0 saturated carbocycles. The van der Waals surface area contributed by atoms with Crippen molar-refractivity contribution in [2.75, 3.05) is 5.73 Å². The fourth-order valence-electron chi connectivity index (χ4n) is 1.14. The fourth-order valence-corrected chi connectivity index (χ4v) is 2.11. The molecule has 0 saturated heterocycles. The van der Waals surface area contributed by atoms with Gasteiger partial charge in [0.15, 0.2) is 0 Å². The topological polar surface area (TPSA) is 26.0 Å². The number of nitrogens with two attached hydrogens (primary N) is 1. The van der Waals surface area contributed by atoms with E-state index in [0.717, 1.165) is 10.2 Å². The van der Waals surface area contributed by atoms with Crippen molar-refractivity contribution in [3.63, 3.8) is 0 Å². The lowest BCUT2D eigenvalue weighted by Crippen LogP contribution is -1.86. The van der Waals surface area contributed by atoms with Crippen LogP contribution in [0, 0.1) is 0 Å². The third-order valence-electron chi connectivity index (χ3n) is 1.80. The molecule has 0 spiro atoms. The summed E-state index contributed by atoms with van der Waals surface area (Å²) in [5, 5.41) is 2.06. The Hall–Kier alpha value is -0.800. The molecule has 0 amide bonds. The van der Waals surface area contributed by atoms with Gasteiger partial charge in [0.25, 0.3) is 0 Å². The summed E-state index contributed by atoms with van der Waals surface area (Å²) in [5.41, 5.74) is 7.74. The molecule has 0 aliphatic heterocycles. The van der Waals surface area contributed by atoms with Crippen LogP contribution in [0.2, 0.25) is 0 Å². The molecule has 1 aromatic heterocycles.